The molecule has 0 radical (unpaired) electrons. The van der Waals surface area contributed by atoms with E-state index in [2.05, 4.69) is 0 Å². The van der Waals surface area contributed by atoms with Gasteiger partial charge >= 0.3 is 11.5 Å². The molecule has 4 nitrogen and oxygen atoms in total. The van der Waals surface area contributed by atoms with Crippen LogP contribution in [0.4, 0.5) is 17.6 Å². The van der Waals surface area contributed by atoms with E-state index in [9.17, 15) is 30.8 Å². The van der Waals surface area contributed by atoms with Gasteiger partial charge in [-0.1, -0.05) is 0 Å². The minimum Gasteiger partial charge on any atom is -0.478 e. The van der Waals surface area contributed by atoms with E-state index in [1.54, 1.807) is 0 Å². The van der Waals surface area contributed by atoms with Gasteiger partial charge < -0.3 is 5.11 Å². The third-order valence-corrected chi connectivity index (χ3v) is 5.33. The Morgan fingerprint density at radius 1 is 1.33 bits per heavy atom. The fourth-order valence-electron chi connectivity index (χ4n) is 1.48. The van der Waals surface area contributed by atoms with Crippen molar-refractivity contribution in [2.45, 2.75) is 17.3 Å². The highest BCUT2D eigenvalue weighted by Crippen LogP contribution is 2.31. The van der Waals surface area contributed by atoms with Gasteiger partial charge in [0.1, 0.15) is 5.82 Å². The van der Waals surface area contributed by atoms with Gasteiger partial charge in [0.05, 0.1) is 16.2 Å². The molecular formula is C11H10F4O4S2. The minimum atomic E-state index is -4.57. The van der Waals surface area contributed by atoms with Crippen LogP contribution in [0, 0.1) is 12.7 Å². The van der Waals surface area contributed by atoms with Crippen molar-refractivity contribution in [2.24, 2.45) is 0 Å². The fourth-order valence-corrected chi connectivity index (χ4v) is 4.01. The zero-order chi connectivity index (χ0) is 16.4. The summed E-state index contributed by atoms with van der Waals surface area (Å²) in [4.78, 5) is 10.2. The molecule has 1 rings (SSSR count). The van der Waals surface area contributed by atoms with Gasteiger partial charge in [0.25, 0.3) is 0 Å². The Hall–Kier alpha value is -1.29. The van der Waals surface area contributed by atoms with Gasteiger partial charge in [-0.2, -0.15) is 13.2 Å². The number of carbonyl (C=O) groups is 1. The van der Waals surface area contributed by atoms with Crippen LogP contribution in [0.25, 0.3) is 0 Å². The first-order valence-electron chi connectivity index (χ1n) is 5.41. The van der Waals surface area contributed by atoms with E-state index in [0.29, 0.717) is 6.07 Å². The minimum absolute atomic E-state index is 0.322. The number of sulfone groups is 1. The number of alkyl halides is 3. The Kier molecular flexibility index (Phi) is 5.26. The van der Waals surface area contributed by atoms with Crippen LogP contribution in [0.15, 0.2) is 17.0 Å². The molecule has 1 aromatic rings. The summed E-state index contributed by atoms with van der Waals surface area (Å²) in [5.74, 6) is -4.21. The predicted molar refractivity (Wildman–Crippen MR) is 68.7 cm³/mol. The molecule has 118 valence electrons. The summed E-state index contributed by atoms with van der Waals surface area (Å²) in [6, 6.07) is 1.40. The van der Waals surface area contributed by atoms with E-state index in [0.717, 1.165) is 13.0 Å². The normalized spacial score (nSPS) is 12.4. The number of aromatic carboxylic acids is 1. The van der Waals surface area contributed by atoms with E-state index >= 15 is 0 Å². The molecule has 0 aromatic heterocycles. The second-order valence-corrected chi connectivity index (χ2v) is 7.24. The maximum absolute atomic E-state index is 13.5. The Balaban J connectivity index is 3.11. The third kappa shape index (κ3) is 4.88. The lowest BCUT2D eigenvalue weighted by Crippen LogP contribution is -2.15. The van der Waals surface area contributed by atoms with Crippen molar-refractivity contribution in [3.05, 3.63) is 29.1 Å². The second-order valence-electron chi connectivity index (χ2n) is 4.00. The summed E-state index contributed by atoms with van der Waals surface area (Å²) in [7, 11) is -4.22. The van der Waals surface area contributed by atoms with Crippen molar-refractivity contribution < 1.29 is 35.9 Å². The molecule has 0 heterocycles. The number of halogens is 4. The number of hydrogen-bond acceptors (Lipinski definition) is 4. The van der Waals surface area contributed by atoms with Gasteiger partial charge in [-0.25, -0.2) is 17.6 Å². The van der Waals surface area contributed by atoms with Gasteiger partial charge in [0.2, 0.25) is 0 Å². The zero-order valence-electron chi connectivity index (χ0n) is 10.6. The summed E-state index contributed by atoms with van der Waals surface area (Å²) in [5.41, 5.74) is -5.48. The van der Waals surface area contributed by atoms with Crippen molar-refractivity contribution in [3.8, 4) is 0 Å². The Labute approximate surface area is 122 Å². The van der Waals surface area contributed by atoms with Crippen LogP contribution in [-0.2, 0) is 9.84 Å². The fraction of sp³-hybridized carbons (Fsp3) is 0.364. The summed E-state index contributed by atoms with van der Waals surface area (Å²) in [6.07, 6.45) is 0. The van der Waals surface area contributed by atoms with Gasteiger partial charge in [-0.3, -0.25) is 0 Å². The Morgan fingerprint density at radius 2 is 1.90 bits per heavy atom. The molecular weight excluding hydrogens is 336 g/mol. The molecule has 0 unspecified atom stereocenters. The number of benzene rings is 1. The van der Waals surface area contributed by atoms with Gasteiger partial charge in [-0.05, 0) is 30.8 Å². The highest BCUT2D eigenvalue weighted by molar-refractivity contribution is 8.01. The average Bonchev–Trinajstić information content (AvgIpc) is 2.29. The molecule has 0 spiro atoms. The predicted octanol–water partition coefficient (Wildman–Crippen LogP) is 2.86. The van der Waals surface area contributed by atoms with E-state index in [1.165, 1.54) is 0 Å². The standard InChI is InChI=1S/C11H10F4O4S2/c1-6-8(12)4-7(10(16)17)5-9(6)21(18,19)3-2-20-11(13,14)15/h4-5H,2-3H2,1H3,(H,16,17). The van der Waals surface area contributed by atoms with Crippen molar-refractivity contribution in [1.82, 2.24) is 0 Å². The van der Waals surface area contributed by atoms with Crippen molar-refractivity contribution in [3.63, 3.8) is 0 Å². The van der Waals surface area contributed by atoms with Crippen LogP contribution in [0.2, 0.25) is 0 Å². The van der Waals surface area contributed by atoms with Gasteiger partial charge in [0, 0.05) is 11.3 Å². The number of hydrogen-bond donors (Lipinski definition) is 1. The van der Waals surface area contributed by atoms with E-state index in [-0.39, 0.29) is 5.56 Å². The molecule has 0 aliphatic rings. The lowest BCUT2D eigenvalue weighted by molar-refractivity contribution is -0.0326. The highest BCUT2D eigenvalue weighted by Gasteiger charge is 2.30. The van der Waals surface area contributed by atoms with Crippen molar-refractivity contribution >= 4 is 27.6 Å². The lowest BCUT2D eigenvalue weighted by atomic mass is 10.1. The van der Waals surface area contributed by atoms with Gasteiger partial charge in [0.15, 0.2) is 9.84 Å². The second kappa shape index (κ2) is 6.22. The number of rotatable bonds is 5. The largest absolute Gasteiger partial charge is 0.478 e. The van der Waals surface area contributed by atoms with E-state index in [1.807, 2.05) is 0 Å². The molecule has 21 heavy (non-hydrogen) atoms. The van der Waals surface area contributed by atoms with Crippen LogP contribution in [0.5, 0.6) is 0 Å². The highest BCUT2D eigenvalue weighted by atomic mass is 32.2. The first-order valence-corrected chi connectivity index (χ1v) is 8.05. The lowest BCUT2D eigenvalue weighted by Gasteiger charge is -2.10. The quantitative estimate of drug-likeness (QED) is 0.830. The molecule has 10 heteroatoms. The van der Waals surface area contributed by atoms with Gasteiger partial charge in [-0.15, -0.1) is 0 Å². The molecule has 0 atom stereocenters. The van der Waals surface area contributed by atoms with Crippen molar-refractivity contribution in [2.75, 3.05) is 11.5 Å². The zero-order valence-corrected chi connectivity index (χ0v) is 12.2. The topological polar surface area (TPSA) is 71.4 Å². The first kappa shape index (κ1) is 17.8. The van der Waals surface area contributed by atoms with Crippen LogP contribution < -0.4 is 0 Å². The summed E-state index contributed by atoms with van der Waals surface area (Å²) in [5, 5.41) is 8.76. The van der Waals surface area contributed by atoms with Crippen LogP contribution in [0.3, 0.4) is 0 Å². The third-order valence-electron chi connectivity index (χ3n) is 2.50. The molecule has 0 bridgehead atoms. The van der Waals surface area contributed by atoms with Crippen molar-refractivity contribution in [1.29, 1.82) is 0 Å². The molecule has 0 aliphatic heterocycles. The van der Waals surface area contributed by atoms with Crippen LogP contribution in [-0.4, -0.2) is 36.5 Å². The first-order chi connectivity index (χ1) is 9.44. The molecule has 0 saturated carbocycles. The smallest absolute Gasteiger partial charge is 0.441 e. The monoisotopic (exact) mass is 346 g/mol. The number of carboxylic acid groups (broad SMARTS) is 1. The van der Waals surface area contributed by atoms with Crippen LogP contribution >= 0.6 is 11.8 Å². The average molecular weight is 346 g/mol. The SMILES string of the molecule is Cc1c(F)cc(C(=O)O)cc1S(=O)(=O)CCSC(F)(F)F. The number of thioether (sulfide) groups is 1. The maximum Gasteiger partial charge on any atom is 0.441 e. The van der Waals surface area contributed by atoms with E-state index in [4.69, 9.17) is 5.11 Å². The maximum atomic E-state index is 13.5. The molecule has 0 saturated heterocycles. The number of carboxylic acids is 1. The van der Waals surface area contributed by atoms with E-state index < -0.39 is 60.9 Å². The molecule has 0 amide bonds. The Bertz CT molecular complexity index is 653. The van der Waals surface area contributed by atoms with Crippen LogP contribution in [0.1, 0.15) is 15.9 Å². The molecule has 1 N–H and O–H groups in total. The molecule has 1 aromatic carbocycles. The molecule has 0 aliphatic carbocycles. The summed E-state index contributed by atoms with van der Waals surface area (Å²) in [6.45, 7) is 1.12. The molecule has 0 fully saturated rings. The summed E-state index contributed by atoms with van der Waals surface area (Å²) >= 11 is -0.514. The Morgan fingerprint density at radius 3 is 2.38 bits per heavy atom. The summed E-state index contributed by atoms with van der Waals surface area (Å²) < 4.78 is 73.3.